The van der Waals surface area contributed by atoms with Crippen molar-refractivity contribution in [3.8, 4) is 0 Å². The minimum absolute atomic E-state index is 0.0254. The number of benzene rings is 2. The molecule has 0 spiro atoms. The topological polar surface area (TPSA) is 84.2 Å². The summed E-state index contributed by atoms with van der Waals surface area (Å²) in [5.41, 5.74) is 8.13. The van der Waals surface area contributed by atoms with E-state index in [1.807, 2.05) is 49.4 Å². The monoisotopic (exact) mass is 700 g/mol. The van der Waals surface area contributed by atoms with Gasteiger partial charge in [0, 0.05) is 37.4 Å². The van der Waals surface area contributed by atoms with Crippen molar-refractivity contribution in [1.29, 1.82) is 0 Å². The molecule has 8 nitrogen and oxygen atoms in total. The Morgan fingerprint density at radius 2 is 1.65 bits per heavy atom. The van der Waals surface area contributed by atoms with Gasteiger partial charge in [-0.1, -0.05) is 79.4 Å². The molecule has 0 radical (unpaired) electrons. The van der Waals surface area contributed by atoms with Crippen molar-refractivity contribution >= 4 is 32.7 Å². The van der Waals surface area contributed by atoms with Crippen molar-refractivity contribution in [2.24, 2.45) is 0 Å². The molecule has 1 aliphatic carbocycles. The maximum Gasteiger partial charge on any atom is 0.243 e. The van der Waals surface area contributed by atoms with E-state index in [-0.39, 0.29) is 6.04 Å². The van der Waals surface area contributed by atoms with E-state index in [2.05, 4.69) is 62.8 Å². The zero-order valence-electron chi connectivity index (χ0n) is 29.8. The Labute approximate surface area is 302 Å². The summed E-state index contributed by atoms with van der Waals surface area (Å²) in [6, 6.07) is 24.1. The second-order valence-electron chi connectivity index (χ2n) is 14.0. The minimum Gasteiger partial charge on any atom is -0.324 e. The Morgan fingerprint density at radius 1 is 0.882 bits per heavy atom. The highest BCUT2D eigenvalue weighted by molar-refractivity contribution is 7.89. The third-order valence-electron chi connectivity index (χ3n) is 10.3. The van der Waals surface area contributed by atoms with Gasteiger partial charge >= 0.3 is 0 Å². The van der Waals surface area contributed by atoms with Gasteiger partial charge in [-0.2, -0.15) is 4.31 Å². The summed E-state index contributed by atoms with van der Waals surface area (Å²) in [4.78, 5) is 16.7. The standard InChI is InChI=1S/C42H48N6O2S/c1-32-15-19-35(20-16-32)39(24-29-46-26-6-7-27-46)40-14-8-10-36(45-40)11-9-28-48(37-12-4-3-5-13-37)51(49,50)38-21-17-34(18-22-38)31-47-33(2)44-41-30-43-25-23-42(41)47/h8-11,14-25,30,37H,3-7,12-13,26-29,31H2,1-2H3. The largest absolute Gasteiger partial charge is 0.324 e. The molecule has 0 unspecified atom stereocenters. The third-order valence-corrected chi connectivity index (χ3v) is 12.3. The van der Waals surface area contributed by atoms with Crippen LogP contribution in [0.25, 0.3) is 22.7 Å². The molecule has 264 valence electrons. The lowest BCUT2D eigenvalue weighted by Crippen LogP contribution is -2.41. The van der Waals surface area contributed by atoms with Crippen LogP contribution in [0.1, 0.15) is 78.8 Å². The molecule has 5 aromatic rings. The number of aryl methyl sites for hydroxylation is 2. The predicted molar refractivity (Wildman–Crippen MR) is 206 cm³/mol. The second-order valence-corrected chi connectivity index (χ2v) is 15.9. The number of nitrogens with zero attached hydrogens (tertiary/aromatic N) is 6. The van der Waals surface area contributed by atoms with Gasteiger partial charge in [-0.25, -0.2) is 18.4 Å². The van der Waals surface area contributed by atoms with Crippen molar-refractivity contribution in [3.63, 3.8) is 0 Å². The van der Waals surface area contributed by atoms with Crippen molar-refractivity contribution in [1.82, 2.24) is 28.7 Å². The first-order valence-corrected chi connectivity index (χ1v) is 19.8. The van der Waals surface area contributed by atoms with Crippen molar-refractivity contribution in [2.45, 2.75) is 76.3 Å². The molecule has 2 fully saturated rings. The smallest absolute Gasteiger partial charge is 0.243 e. The zero-order valence-corrected chi connectivity index (χ0v) is 30.6. The molecule has 0 bridgehead atoms. The van der Waals surface area contributed by atoms with Crippen LogP contribution in [0.5, 0.6) is 0 Å². The molecule has 51 heavy (non-hydrogen) atoms. The van der Waals surface area contributed by atoms with Gasteiger partial charge in [0.2, 0.25) is 10.0 Å². The predicted octanol–water partition coefficient (Wildman–Crippen LogP) is 8.06. The molecule has 2 aliphatic rings. The molecule has 4 heterocycles. The fraction of sp³-hybridized carbons (Fsp3) is 0.357. The molecular formula is C42H48N6O2S. The molecule has 3 aromatic heterocycles. The van der Waals surface area contributed by atoms with Crippen LogP contribution in [0.15, 0.2) is 102 Å². The number of pyridine rings is 2. The number of fused-ring (bicyclic) bond motifs is 1. The van der Waals surface area contributed by atoms with Crippen LogP contribution >= 0.6 is 0 Å². The lowest BCUT2D eigenvalue weighted by Gasteiger charge is -2.32. The van der Waals surface area contributed by atoms with Crippen LogP contribution < -0.4 is 0 Å². The summed E-state index contributed by atoms with van der Waals surface area (Å²) >= 11 is 0. The van der Waals surface area contributed by atoms with E-state index in [0.29, 0.717) is 18.0 Å². The zero-order chi connectivity index (χ0) is 35.2. The van der Waals surface area contributed by atoms with Crippen LogP contribution in [-0.4, -0.2) is 69.4 Å². The highest BCUT2D eigenvalue weighted by Crippen LogP contribution is 2.29. The van der Waals surface area contributed by atoms with Crippen molar-refractivity contribution < 1.29 is 8.42 Å². The fourth-order valence-corrected chi connectivity index (χ4v) is 9.10. The van der Waals surface area contributed by atoms with Crippen LogP contribution in [0.3, 0.4) is 0 Å². The summed E-state index contributed by atoms with van der Waals surface area (Å²) in [5, 5.41) is 0. The van der Waals surface area contributed by atoms with Gasteiger partial charge in [0.25, 0.3) is 0 Å². The van der Waals surface area contributed by atoms with Crippen LogP contribution in [0.2, 0.25) is 0 Å². The molecule has 9 heteroatoms. The minimum atomic E-state index is -3.73. The molecule has 0 amide bonds. The van der Waals surface area contributed by atoms with E-state index in [1.54, 1.807) is 28.8 Å². The maximum absolute atomic E-state index is 14.3. The maximum atomic E-state index is 14.3. The van der Waals surface area contributed by atoms with E-state index in [9.17, 15) is 8.42 Å². The van der Waals surface area contributed by atoms with Crippen LogP contribution in [0.4, 0.5) is 0 Å². The van der Waals surface area contributed by atoms with Gasteiger partial charge < -0.3 is 4.57 Å². The second kappa shape index (κ2) is 15.8. The normalized spacial score (nSPS) is 16.6. The summed E-state index contributed by atoms with van der Waals surface area (Å²) < 4.78 is 32.4. The number of aromatic nitrogens is 4. The lowest BCUT2D eigenvalue weighted by molar-refractivity contribution is 0.269. The van der Waals surface area contributed by atoms with Gasteiger partial charge in [-0.3, -0.25) is 9.88 Å². The molecule has 0 atom stereocenters. The first kappa shape index (κ1) is 35.0. The molecule has 0 N–H and O–H groups in total. The summed E-state index contributed by atoms with van der Waals surface area (Å²) in [5.74, 6) is 0.898. The summed E-state index contributed by atoms with van der Waals surface area (Å²) in [7, 11) is -3.73. The average Bonchev–Trinajstić information content (AvgIpc) is 3.79. The van der Waals surface area contributed by atoms with Crippen LogP contribution in [0, 0.1) is 13.8 Å². The van der Waals surface area contributed by atoms with Crippen molar-refractivity contribution in [2.75, 3.05) is 26.2 Å². The number of imidazole rings is 1. The Balaban J connectivity index is 1.11. The number of likely N-dealkylation sites (tertiary alicyclic amines) is 1. The number of hydrogen-bond acceptors (Lipinski definition) is 6. The molecule has 7 rings (SSSR count). The molecule has 2 aromatic carbocycles. The number of hydrogen-bond donors (Lipinski definition) is 0. The Hall–Kier alpha value is -4.44. The average molecular weight is 701 g/mol. The third kappa shape index (κ3) is 8.22. The summed E-state index contributed by atoms with van der Waals surface area (Å²) in [6.45, 7) is 8.17. The Bertz CT molecular complexity index is 2110. The van der Waals surface area contributed by atoms with Gasteiger partial charge in [-0.05, 0) is 100 Å². The molecule has 1 aliphatic heterocycles. The highest BCUT2D eigenvalue weighted by Gasteiger charge is 2.31. The molecule has 1 saturated heterocycles. The first-order chi connectivity index (χ1) is 24.8. The van der Waals surface area contributed by atoms with E-state index < -0.39 is 10.0 Å². The number of rotatable bonds is 12. The van der Waals surface area contributed by atoms with Gasteiger partial charge in [0.15, 0.2) is 0 Å². The quantitative estimate of drug-likeness (QED) is 0.131. The number of sulfonamides is 1. The summed E-state index contributed by atoms with van der Waals surface area (Å²) in [6.07, 6.45) is 17.3. The van der Waals surface area contributed by atoms with Crippen molar-refractivity contribution in [3.05, 3.63) is 131 Å². The fourth-order valence-electron chi connectivity index (χ4n) is 7.46. The first-order valence-electron chi connectivity index (χ1n) is 18.4. The Kier molecular flexibility index (Phi) is 10.9. The van der Waals surface area contributed by atoms with E-state index in [4.69, 9.17) is 4.98 Å². The lowest BCUT2D eigenvalue weighted by atomic mass is 9.95. The van der Waals surface area contributed by atoms with Gasteiger partial charge in [0.05, 0.1) is 28.0 Å². The van der Waals surface area contributed by atoms with Gasteiger partial charge in [0.1, 0.15) is 11.3 Å². The molecule has 1 saturated carbocycles. The van der Waals surface area contributed by atoms with E-state index >= 15 is 0 Å². The SMILES string of the molecule is Cc1ccc(C(=CCN2CCCC2)c2cccc(C=CCN(C3CCCCC3)S(=O)(=O)c3ccc(Cn4c(C)nc5cnccc54)cc3)n2)cc1. The van der Waals surface area contributed by atoms with Gasteiger partial charge in [-0.15, -0.1) is 0 Å². The van der Waals surface area contributed by atoms with Crippen LogP contribution in [-0.2, 0) is 16.6 Å². The Morgan fingerprint density at radius 3 is 2.41 bits per heavy atom. The highest BCUT2D eigenvalue weighted by atomic mass is 32.2. The van der Waals surface area contributed by atoms with E-state index in [0.717, 1.165) is 96.7 Å². The van der Waals surface area contributed by atoms with E-state index in [1.165, 1.54) is 18.4 Å². The molecular weight excluding hydrogens is 653 g/mol.